The number of carbonyl (C=O) groups excluding carboxylic acids is 2. The first-order valence-corrected chi connectivity index (χ1v) is 9.96. The molecule has 2 aromatic carbocycles. The van der Waals surface area contributed by atoms with Crippen LogP contribution in [0, 0.1) is 0 Å². The lowest BCUT2D eigenvalue weighted by Crippen LogP contribution is -2.22. The first-order valence-electron chi connectivity index (χ1n) is 9.14. The fraction of sp³-hybridized carbons (Fsp3) is 0.286. The summed E-state index contributed by atoms with van der Waals surface area (Å²) >= 11 is 1.28. The normalized spacial score (nSPS) is 11.4. The zero-order chi connectivity index (χ0) is 21.7. The van der Waals surface area contributed by atoms with E-state index in [4.69, 9.17) is 18.9 Å². The van der Waals surface area contributed by atoms with Gasteiger partial charge in [-0.2, -0.15) is 4.99 Å². The fourth-order valence-electron chi connectivity index (χ4n) is 2.88. The van der Waals surface area contributed by atoms with E-state index >= 15 is 0 Å². The van der Waals surface area contributed by atoms with Gasteiger partial charge in [0.1, 0.15) is 29.3 Å². The molecule has 9 heteroatoms. The van der Waals surface area contributed by atoms with Gasteiger partial charge < -0.3 is 23.5 Å². The third kappa shape index (κ3) is 4.46. The molecular formula is C21H22N2O6S. The van der Waals surface area contributed by atoms with Gasteiger partial charge in [-0.25, -0.2) is 0 Å². The molecule has 0 saturated heterocycles. The van der Waals surface area contributed by atoms with E-state index in [0.29, 0.717) is 39.7 Å². The summed E-state index contributed by atoms with van der Waals surface area (Å²) < 4.78 is 23.4. The number of para-hydroxylation sites is 1. The van der Waals surface area contributed by atoms with Crippen molar-refractivity contribution in [3.63, 3.8) is 0 Å². The van der Waals surface area contributed by atoms with E-state index in [0.717, 1.165) is 4.70 Å². The predicted molar refractivity (Wildman–Crippen MR) is 112 cm³/mol. The van der Waals surface area contributed by atoms with E-state index in [1.807, 2.05) is 25.1 Å². The number of carbonyl (C=O) groups is 2. The number of fused-ring (bicyclic) bond motifs is 1. The Morgan fingerprint density at radius 2 is 1.77 bits per heavy atom. The smallest absolute Gasteiger partial charge is 0.325 e. The van der Waals surface area contributed by atoms with E-state index in [1.165, 1.54) is 32.7 Å². The standard InChI is InChI=1S/C21H22N2O6S/c1-5-29-16-7-6-8-17-19(16)23(12-18(24)28-4)21(30-17)22-20(25)13-9-14(26-2)11-15(10-13)27-3/h6-11H,5,12H2,1-4H3. The quantitative estimate of drug-likeness (QED) is 0.536. The number of hydrogen-bond acceptors (Lipinski definition) is 7. The number of methoxy groups -OCH3 is 3. The summed E-state index contributed by atoms with van der Waals surface area (Å²) in [6.07, 6.45) is 0. The van der Waals surface area contributed by atoms with Crippen molar-refractivity contribution in [1.82, 2.24) is 4.57 Å². The van der Waals surface area contributed by atoms with E-state index in [1.54, 1.807) is 22.8 Å². The molecule has 0 saturated carbocycles. The van der Waals surface area contributed by atoms with Crippen molar-refractivity contribution in [3.8, 4) is 17.2 Å². The minimum Gasteiger partial charge on any atom is -0.497 e. The molecule has 0 bridgehead atoms. The number of amides is 1. The van der Waals surface area contributed by atoms with Crippen LogP contribution in [0.3, 0.4) is 0 Å². The van der Waals surface area contributed by atoms with Crippen molar-refractivity contribution in [3.05, 3.63) is 46.8 Å². The molecule has 0 aliphatic heterocycles. The van der Waals surface area contributed by atoms with Gasteiger partial charge in [-0.05, 0) is 31.2 Å². The maximum atomic E-state index is 12.9. The summed E-state index contributed by atoms with van der Waals surface area (Å²) in [6, 6.07) is 10.4. The van der Waals surface area contributed by atoms with Crippen LogP contribution in [0.25, 0.3) is 10.2 Å². The molecule has 30 heavy (non-hydrogen) atoms. The SMILES string of the molecule is CCOc1cccc2sc(=NC(=O)c3cc(OC)cc(OC)c3)n(CC(=O)OC)c12. The first kappa shape index (κ1) is 21.4. The van der Waals surface area contributed by atoms with Gasteiger partial charge in [0, 0.05) is 11.6 Å². The second kappa shape index (κ2) is 9.45. The number of thiazole rings is 1. The Hall–Kier alpha value is -3.33. The Morgan fingerprint density at radius 3 is 2.37 bits per heavy atom. The molecule has 0 aliphatic carbocycles. The van der Waals surface area contributed by atoms with Crippen LogP contribution in [0.15, 0.2) is 41.4 Å². The summed E-state index contributed by atoms with van der Waals surface area (Å²) in [6.45, 7) is 2.23. The number of nitrogens with zero attached hydrogens (tertiary/aromatic N) is 2. The van der Waals surface area contributed by atoms with Gasteiger partial charge in [-0.15, -0.1) is 0 Å². The van der Waals surface area contributed by atoms with Crippen LogP contribution < -0.4 is 19.0 Å². The highest BCUT2D eigenvalue weighted by Crippen LogP contribution is 2.28. The van der Waals surface area contributed by atoms with Gasteiger partial charge in [-0.3, -0.25) is 9.59 Å². The van der Waals surface area contributed by atoms with Crippen molar-refractivity contribution < 1.29 is 28.5 Å². The summed E-state index contributed by atoms with van der Waals surface area (Å²) in [5.41, 5.74) is 0.989. The van der Waals surface area contributed by atoms with Crippen molar-refractivity contribution >= 4 is 33.4 Å². The predicted octanol–water partition coefficient (Wildman–Crippen LogP) is 3.03. The van der Waals surface area contributed by atoms with Crippen LogP contribution in [0.5, 0.6) is 17.2 Å². The zero-order valence-corrected chi connectivity index (χ0v) is 17.9. The summed E-state index contributed by atoms with van der Waals surface area (Å²) in [5, 5.41) is 0. The summed E-state index contributed by atoms with van der Waals surface area (Å²) in [5.74, 6) is 0.607. The fourth-order valence-corrected chi connectivity index (χ4v) is 3.92. The molecule has 0 aliphatic rings. The van der Waals surface area contributed by atoms with Gasteiger partial charge in [0.05, 0.1) is 32.6 Å². The summed E-state index contributed by atoms with van der Waals surface area (Å²) in [7, 11) is 4.32. The van der Waals surface area contributed by atoms with Gasteiger partial charge in [0.2, 0.25) is 0 Å². The molecular weight excluding hydrogens is 408 g/mol. The Labute approximate surface area is 177 Å². The molecule has 8 nitrogen and oxygen atoms in total. The highest BCUT2D eigenvalue weighted by Gasteiger charge is 2.16. The molecule has 0 atom stereocenters. The third-order valence-electron chi connectivity index (χ3n) is 4.27. The molecule has 0 radical (unpaired) electrons. The number of hydrogen-bond donors (Lipinski definition) is 0. The molecule has 0 N–H and O–H groups in total. The Bertz CT molecular complexity index is 1130. The molecule has 0 fully saturated rings. The molecule has 1 aromatic heterocycles. The van der Waals surface area contributed by atoms with Crippen LogP contribution in [-0.4, -0.2) is 44.4 Å². The number of ether oxygens (including phenoxy) is 4. The number of rotatable bonds is 7. The van der Waals surface area contributed by atoms with Crippen LogP contribution in [0.4, 0.5) is 0 Å². The average Bonchev–Trinajstić information content (AvgIpc) is 3.10. The lowest BCUT2D eigenvalue weighted by Gasteiger charge is -2.09. The molecule has 3 rings (SSSR count). The van der Waals surface area contributed by atoms with Gasteiger partial charge >= 0.3 is 5.97 Å². The van der Waals surface area contributed by atoms with Crippen LogP contribution in [0.1, 0.15) is 17.3 Å². The van der Waals surface area contributed by atoms with Crippen molar-refractivity contribution in [1.29, 1.82) is 0 Å². The van der Waals surface area contributed by atoms with Crippen LogP contribution in [-0.2, 0) is 16.1 Å². The Morgan fingerprint density at radius 1 is 1.07 bits per heavy atom. The van der Waals surface area contributed by atoms with Crippen molar-refractivity contribution in [2.75, 3.05) is 27.9 Å². The minimum absolute atomic E-state index is 0.103. The van der Waals surface area contributed by atoms with E-state index in [9.17, 15) is 9.59 Å². The second-order valence-electron chi connectivity index (χ2n) is 6.10. The molecule has 158 valence electrons. The van der Waals surface area contributed by atoms with Gasteiger partial charge in [0.25, 0.3) is 5.91 Å². The topological polar surface area (TPSA) is 88.4 Å². The highest BCUT2D eigenvalue weighted by molar-refractivity contribution is 7.16. The van der Waals surface area contributed by atoms with Crippen LogP contribution in [0.2, 0.25) is 0 Å². The number of aromatic nitrogens is 1. The molecule has 1 heterocycles. The van der Waals surface area contributed by atoms with E-state index in [-0.39, 0.29) is 6.54 Å². The largest absolute Gasteiger partial charge is 0.497 e. The van der Waals surface area contributed by atoms with Gasteiger partial charge in [-0.1, -0.05) is 17.4 Å². The van der Waals surface area contributed by atoms with E-state index in [2.05, 4.69) is 4.99 Å². The highest BCUT2D eigenvalue weighted by atomic mass is 32.1. The third-order valence-corrected chi connectivity index (χ3v) is 5.32. The van der Waals surface area contributed by atoms with Crippen LogP contribution >= 0.6 is 11.3 Å². The monoisotopic (exact) mass is 430 g/mol. The zero-order valence-electron chi connectivity index (χ0n) is 17.1. The molecule has 3 aromatic rings. The lowest BCUT2D eigenvalue weighted by molar-refractivity contribution is -0.141. The maximum Gasteiger partial charge on any atom is 0.325 e. The average molecular weight is 430 g/mol. The molecule has 0 spiro atoms. The number of esters is 1. The second-order valence-corrected chi connectivity index (χ2v) is 7.11. The van der Waals surface area contributed by atoms with Gasteiger partial charge in [0.15, 0.2) is 4.80 Å². The Kier molecular flexibility index (Phi) is 6.73. The molecule has 1 amide bonds. The Balaban J connectivity index is 2.18. The first-order chi connectivity index (χ1) is 14.5. The van der Waals surface area contributed by atoms with Crippen molar-refractivity contribution in [2.45, 2.75) is 13.5 Å². The van der Waals surface area contributed by atoms with Crippen molar-refractivity contribution in [2.24, 2.45) is 4.99 Å². The number of benzene rings is 2. The summed E-state index contributed by atoms with van der Waals surface area (Å²) in [4.78, 5) is 29.6. The maximum absolute atomic E-state index is 12.9. The van der Waals surface area contributed by atoms with E-state index < -0.39 is 11.9 Å². The molecule has 0 unspecified atom stereocenters. The minimum atomic E-state index is -0.490. The lowest BCUT2D eigenvalue weighted by atomic mass is 10.2.